The zero-order chi connectivity index (χ0) is 9.26. The second-order valence-electron chi connectivity index (χ2n) is 5.30. The third kappa shape index (κ3) is 2.07. The number of fused-ring (bicyclic) bond motifs is 1. The van der Waals surface area contributed by atoms with Gasteiger partial charge in [0.1, 0.15) is 0 Å². The molecule has 0 bridgehead atoms. The number of piperidine rings is 1. The third-order valence-corrected chi connectivity index (χ3v) is 4.10. The van der Waals surface area contributed by atoms with Gasteiger partial charge in [0.25, 0.3) is 0 Å². The molecule has 1 saturated carbocycles. The Morgan fingerprint density at radius 2 is 1.92 bits per heavy atom. The van der Waals surface area contributed by atoms with E-state index in [1.54, 1.807) is 0 Å². The number of hydrogen-bond donors (Lipinski definition) is 1. The summed E-state index contributed by atoms with van der Waals surface area (Å²) in [6.45, 7) is 6.02. The number of rotatable bonds is 1. The summed E-state index contributed by atoms with van der Waals surface area (Å²) in [6, 6.07) is 0.878. The molecule has 3 atom stereocenters. The maximum Gasteiger partial charge on any atom is 0.00955 e. The first-order valence-corrected chi connectivity index (χ1v) is 6.00. The Kier molecular flexibility index (Phi) is 2.92. The summed E-state index contributed by atoms with van der Waals surface area (Å²) in [7, 11) is 0. The van der Waals surface area contributed by atoms with E-state index < -0.39 is 0 Å². The van der Waals surface area contributed by atoms with E-state index in [0.717, 1.165) is 23.8 Å². The zero-order valence-corrected chi connectivity index (χ0v) is 9.05. The van der Waals surface area contributed by atoms with Crippen molar-refractivity contribution in [3.05, 3.63) is 0 Å². The minimum absolute atomic E-state index is 0.871. The van der Waals surface area contributed by atoms with Gasteiger partial charge in [-0.05, 0) is 43.6 Å². The van der Waals surface area contributed by atoms with Crippen LogP contribution in [0.3, 0.4) is 0 Å². The molecule has 1 heterocycles. The van der Waals surface area contributed by atoms with Crippen molar-refractivity contribution in [2.75, 3.05) is 6.54 Å². The van der Waals surface area contributed by atoms with Gasteiger partial charge in [-0.15, -0.1) is 0 Å². The van der Waals surface area contributed by atoms with Crippen LogP contribution in [0.5, 0.6) is 0 Å². The van der Waals surface area contributed by atoms with Gasteiger partial charge in [-0.3, -0.25) is 0 Å². The van der Waals surface area contributed by atoms with Gasteiger partial charge in [-0.1, -0.05) is 26.7 Å². The van der Waals surface area contributed by atoms with Crippen LogP contribution in [0.1, 0.15) is 46.0 Å². The molecule has 0 spiro atoms. The molecular formula is C12H23N. The predicted molar refractivity (Wildman–Crippen MR) is 56.7 cm³/mol. The van der Waals surface area contributed by atoms with Gasteiger partial charge in [-0.25, -0.2) is 0 Å². The fourth-order valence-corrected chi connectivity index (χ4v) is 3.04. The Morgan fingerprint density at radius 1 is 1.15 bits per heavy atom. The summed E-state index contributed by atoms with van der Waals surface area (Å²) in [4.78, 5) is 0. The van der Waals surface area contributed by atoms with Crippen molar-refractivity contribution in [2.45, 2.75) is 52.0 Å². The van der Waals surface area contributed by atoms with Gasteiger partial charge in [0, 0.05) is 6.04 Å². The first-order valence-electron chi connectivity index (χ1n) is 6.00. The second-order valence-corrected chi connectivity index (χ2v) is 5.30. The van der Waals surface area contributed by atoms with Gasteiger partial charge in [-0.2, -0.15) is 0 Å². The minimum atomic E-state index is 0.871. The molecule has 1 heteroatoms. The lowest BCUT2D eigenvalue weighted by Gasteiger charge is -2.41. The van der Waals surface area contributed by atoms with E-state index in [2.05, 4.69) is 19.2 Å². The average molecular weight is 181 g/mol. The molecule has 0 aromatic heterocycles. The van der Waals surface area contributed by atoms with Crippen molar-refractivity contribution in [2.24, 2.45) is 17.8 Å². The molecule has 0 aromatic rings. The maximum absolute atomic E-state index is 3.75. The SMILES string of the molecule is CC(C)C1CNC2CCCCC2C1. The Labute approximate surface area is 82.3 Å². The molecule has 1 aliphatic heterocycles. The van der Waals surface area contributed by atoms with E-state index in [-0.39, 0.29) is 0 Å². The van der Waals surface area contributed by atoms with Crippen LogP contribution in [0.4, 0.5) is 0 Å². The number of hydrogen-bond acceptors (Lipinski definition) is 1. The molecule has 1 N–H and O–H groups in total. The molecule has 2 aliphatic rings. The summed E-state index contributed by atoms with van der Waals surface area (Å²) in [5.74, 6) is 2.82. The average Bonchev–Trinajstić information content (AvgIpc) is 2.17. The smallest absolute Gasteiger partial charge is 0.00955 e. The highest BCUT2D eigenvalue weighted by Gasteiger charge is 2.32. The molecule has 1 nitrogen and oxygen atoms in total. The van der Waals surface area contributed by atoms with Crippen LogP contribution in [0.15, 0.2) is 0 Å². The summed E-state index contributed by atoms with van der Waals surface area (Å²) in [5, 5.41) is 3.75. The van der Waals surface area contributed by atoms with Crippen molar-refractivity contribution in [1.29, 1.82) is 0 Å². The van der Waals surface area contributed by atoms with E-state index in [0.29, 0.717) is 0 Å². The summed E-state index contributed by atoms with van der Waals surface area (Å²) in [6.07, 6.45) is 7.36. The Balaban J connectivity index is 1.91. The van der Waals surface area contributed by atoms with E-state index in [4.69, 9.17) is 0 Å². The fraction of sp³-hybridized carbons (Fsp3) is 1.00. The second kappa shape index (κ2) is 4.00. The summed E-state index contributed by atoms with van der Waals surface area (Å²) >= 11 is 0. The van der Waals surface area contributed by atoms with Crippen LogP contribution < -0.4 is 5.32 Å². The van der Waals surface area contributed by atoms with Gasteiger partial charge < -0.3 is 5.32 Å². The Morgan fingerprint density at radius 3 is 2.69 bits per heavy atom. The van der Waals surface area contributed by atoms with Gasteiger partial charge in [0.2, 0.25) is 0 Å². The topological polar surface area (TPSA) is 12.0 Å². The van der Waals surface area contributed by atoms with E-state index in [1.807, 2.05) is 0 Å². The van der Waals surface area contributed by atoms with E-state index >= 15 is 0 Å². The fourth-order valence-electron chi connectivity index (χ4n) is 3.04. The highest BCUT2D eigenvalue weighted by Crippen LogP contribution is 2.34. The minimum Gasteiger partial charge on any atom is -0.313 e. The van der Waals surface area contributed by atoms with Crippen LogP contribution in [-0.4, -0.2) is 12.6 Å². The molecule has 0 amide bonds. The lowest BCUT2D eigenvalue weighted by atomic mass is 9.73. The lowest BCUT2D eigenvalue weighted by Crippen LogP contribution is -2.47. The van der Waals surface area contributed by atoms with E-state index in [9.17, 15) is 0 Å². The Hall–Kier alpha value is -0.0400. The van der Waals surface area contributed by atoms with Crippen molar-refractivity contribution in [3.63, 3.8) is 0 Å². The van der Waals surface area contributed by atoms with Crippen LogP contribution in [0.25, 0.3) is 0 Å². The quantitative estimate of drug-likeness (QED) is 0.656. The molecule has 76 valence electrons. The third-order valence-electron chi connectivity index (χ3n) is 4.10. The van der Waals surface area contributed by atoms with Crippen LogP contribution in [0.2, 0.25) is 0 Å². The van der Waals surface area contributed by atoms with Crippen molar-refractivity contribution in [1.82, 2.24) is 5.32 Å². The molecule has 3 unspecified atom stereocenters. The van der Waals surface area contributed by atoms with Gasteiger partial charge in [0.15, 0.2) is 0 Å². The number of nitrogens with one attached hydrogen (secondary N) is 1. The molecular weight excluding hydrogens is 158 g/mol. The highest BCUT2D eigenvalue weighted by atomic mass is 14.9. The van der Waals surface area contributed by atoms with Crippen LogP contribution in [0, 0.1) is 17.8 Å². The maximum atomic E-state index is 3.75. The van der Waals surface area contributed by atoms with Crippen LogP contribution >= 0.6 is 0 Å². The van der Waals surface area contributed by atoms with Crippen molar-refractivity contribution < 1.29 is 0 Å². The largest absolute Gasteiger partial charge is 0.313 e. The first-order chi connectivity index (χ1) is 6.27. The lowest BCUT2D eigenvalue weighted by molar-refractivity contribution is 0.142. The standard InChI is InChI=1S/C12H23N/c1-9(2)11-7-10-5-3-4-6-12(10)13-8-11/h9-13H,3-8H2,1-2H3. The highest BCUT2D eigenvalue weighted by molar-refractivity contribution is 4.88. The predicted octanol–water partition coefficient (Wildman–Crippen LogP) is 2.81. The molecule has 1 aliphatic carbocycles. The van der Waals surface area contributed by atoms with Gasteiger partial charge >= 0.3 is 0 Å². The first kappa shape index (κ1) is 9.51. The molecule has 2 rings (SSSR count). The molecule has 0 aromatic carbocycles. The molecule has 1 saturated heterocycles. The van der Waals surface area contributed by atoms with Crippen LogP contribution in [-0.2, 0) is 0 Å². The summed E-state index contributed by atoms with van der Waals surface area (Å²) < 4.78 is 0. The monoisotopic (exact) mass is 181 g/mol. The molecule has 13 heavy (non-hydrogen) atoms. The molecule has 0 radical (unpaired) electrons. The Bertz CT molecular complexity index is 165. The zero-order valence-electron chi connectivity index (χ0n) is 9.05. The van der Waals surface area contributed by atoms with Gasteiger partial charge in [0.05, 0.1) is 0 Å². The van der Waals surface area contributed by atoms with Crippen molar-refractivity contribution >= 4 is 0 Å². The van der Waals surface area contributed by atoms with E-state index in [1.165, 1.54) is 38.6 Å². The van der Waals surface area contributed by atoms with Crippen molar-refractivity contribution in [3.8, 4) is 0 Å². The normalized spacial score (nSPS) is 40.4. The summed E-state index contributed by atoms with van der Waals surface area (Å²) in [5.41, 5.74) is 0. The molecule has 2 fully saturated rings.